The first kappa shape index (κ1) is 18.1. The van der Waals surface area contributed by atoms with E-state index in [9.17, 15) is 0 Å². The molecule has 6 rings (SSSR count). The van der Waals surface area contributed by atoms with Crippen LogP contribution in [0.5, 0.6) is 0 Å². The van der Waals surface area contributed by atoms with Crippen molar-refractivity contribution in [3.05, 3.63) is 72.1 Å². The molecular weight excluding hydrogens is 388 g/mol. The van der Waals surface area contributed by atoms with Gasteiger partial charge in [-0.15, -0.1) is 0 Å². The predicted octanol–water partition coefficient (Wildman–Crippen LogP) is 2.85. The number of aromatic nitrogens is 4. The summed E-state index contributed by atoms with van der Waals surface area (Å²) in [6.07, 6.45) is 7.66. The highest BCUT2D eigenvalue weighted by Crippen LogP contribution is 2.35. The molecule has 3 aromatic heterocycles. The van der Waals surface area contributed by atoms with Crippen LogP contribution in [0.4, 0.5) is 11.6 Å². The van der Waals surface area contributed by atoms with Crippen molar-refractivity contribution in [1.82, 2.24) is 24.9 Å². The van der Waals surface area contributed by atoms with E-state index in [2.05, 4.69) is 39.3 Å². The number of imidazole rings is 1. The molecule has 8 heteroatoms. The number of hydrogen-bond donors (Lipinski definition) is 3. The predicted molar refractivity (Wildman–Crippen MR) is 121 cm³/mol. The van der Waals surface area contributed by atoms with E-state index in [0.29, 0.717) is 5.82 Å². The molecule has 0 fully saturated rings. The fourth-order valence-electron chi connectivity index (χ4n) is 4.41. The van der Waals surface area contributed by atoms with Gasteiger partial charge in [-0.2, -0.15) is 0 Å². The minimum absolute atomic E-state index is 0.106. The molecule has 1 aromatic carbocycles. The Kier molecular flexibility index (Phi) is 4.02. The molecular formula is C23H22N8. The van der Waals surface area contributed by atoms with Crippen molar-refractivity contribution in [2.24, 2.45) is 5.73 Å². The molecule has 0 saturated heterocycles. The molecule has 0 bridgehead atoms. The smallest absolute Gasteiger partial charge is 0.167 e. The summed E-state index contributed by atoms with van der Waals surface area (Å²) in [5.41, 5.74) is 21.6. The molecule has 5 N–H and O–H groups in total. The van der Waals surface area contributed by atoms with E-state index in [-0.39, 0.29) is 6.04 Å². The molecule has 0 radical (unpaired) electrons. The lowest BCUT2D eigenvalue weighted by atomic mass is 10.1. The quantitative estimate of drug-likeness (QED) is 0.476. The van der Waals surface area contributed by atoms with E-state index in [4.69, 9.17) is 21.4 Å². The highest BCUT2D eigenvalue weighted by atomic mass is 15.5. The van der Waals surface area contributed by atoms with Gasteiger partial charge in [0.15, 0.2) is 11.5 Å². The van der Waals surface area contributed by atoms with E-state index in [0.717, 1.165) is 53.4 Å². The van der Waals surface area contributed by atoms with Gasteiger partial charge in [-0.05, 0) is 60.4 Å². The Morgan fingerprint density at radius 3 is 2.87 bits per heavy atom. The number of rotatable bonds is 3. The maximum absolute atomic E-state index is 6.26. The molecule has 4 aromatic rings. The molecule has 0 spiro atoms. The maximum atomic E-state index is 6.26. The van der Waals surface area contributed by atoms with Gasteiger partial charge in [0.05, 0.1) is 5.56 Å². The van der Waals surface area contributed by atoms with Gasteiger partial charge >= 0.3 is 0 Å². The van der Waals surface area contributed by atoms with Crippen LogP contribution >= 0.6 is 0 Å². The molecule has 2 aliphatic rings. The summed E-state index contributed by atoms with van der Waals surface area (Å²) in [6.45, 7) is 0.779. The zero-order valence-electron chi connectivity index (χ0n) is 16.9. The van der Waals surface area contributed by atoms with Crippen LogP contribution in [0, 0.1) is 0 Å². The summed E-state index contributed by atoms with van der Waals surface area (Å²) >= 11 is 0. The standard InChI is InChI=1S/C23H22N8/c24-18-7-4-14-13-15(5-6-16(14)18)31-22(17-3-1-10-26-21(17)25)28-19-8-9-20(29-23(19)31)30-12-2-11-27-30/h1-3,5-6,8-10,12-13,18,27H,4,7,11,24H2,(H2,25,26). The number of hydrazine groups is 1. The van der Waals surface area contributed by atoms with Crippen molar-refractivity contribution in [2.75, 3.05) is 17.3 Å². The number of aryl methyl sites for hydroxylation is 1. The van der Waals surface area contributed by atoms with Crippen LogP contribution in [0.25, 0.3) is 28.2 Å². The lowest BCUT2D eigenvalue weighted by Gasteiger charge is -2.16. The summed E-state index contributed by atoms with van der Waals surface area (Å²) < 4.78 is 2.07. The highest BCUT2D eigenvalue weighted by Gasteiger charge is 2.23. The number of fused-ring (bicyclic) bond motifs is 2. The van der Waals surface area contributed by atoms with Crippen molar-refractivity contribution >= 4 is 22.8 Å². The Balaban J connectivity index is 1.61. The molecule has 4 heterocycles. The van der Waals surface area contributed by atoms with Crippen LogP contribution in [0.2, 0.25) is 0 Å². The number of nitrogens with two attached hydrogens (primary N) is 2. The minimum atomic E-state index is 0.106. The van der Waals surface area contributed by atoms with Gasteiger partial charge in [0.1, 0.15) is 17.2 Å². The zero-order chi connectivity index (χ0) is 20.9. The number of pyridine rings is 2. The van der Waals surface area contributed by atoms with Crippen LogP contribution in [-0.4, -0.2) is 26.1 Å². The monoisotopic (exact) mass is 410 g/mol. The largest absolute Gasteiger partial charge is 0.383 e. The summed E-state index contributed by atoms with van der Waals surface area (Å²) in [6, 6.07) is 14.3. The lowest BCUT2D eigenvalue weighted by Crippen LogP contribution is -2.28. The van der Waals surface area contributed by atoms with Crippen LogP contribution < -0.4 is 21.9 Å². The SMILES string of the molecule is Nc1ncccc1-c1nc2ccc(N3C=CCN3)nc2n1-c1ccc2c(c1)CCC2N. The summed E-state index contributed by atoms with van der Waals surface area (Å²) in [7, 11) is 0. The Hall–Kier alpha value is -3.75. The second kappa shape index (κ2) is 6.90. The van der Waals surface area contributed by atoms with Crippen molar-refractivity contribution < 1.29 is 0 Å². The van der Waals surface area contributed by atoms with E-state index in [1.807, 2.05) is 35.5 Å². The van der Waals surface area contributed by atoms with Gasteiger partial charge < -0.3 is 11.5 Å². The summed E-state index contributed by atoms with van der Waals surface area (Å²) in [5, 5.41) is 1.91. The molecule has 8 nitrogen and oxygen atoms in total. The van der Waals surface area contributed by atoms with Crippen molar-refractivity contribution in [3.63, 3.8) is 0 Å². The van der Waals surface area contributed by atoms with Crippen LogP contribution in [0.3, 0.4) is 0 Å². The van der Waals surface area contributed by atoms with Gasteiger partial charge in [0.2, 0.25) is 0 Å². The summed E-state index contributed by atoms with van der Waals surface area (Å²) in [5.74, 6) is 1.96. The zero-order valence-corrected chi connectivity index (χ0v) is 16.9. The normalized spacial score (nSPS) is 17.6. The van der Waals surface area contributed by atoms with E-state index in [1.54, 1.807) is 6.20 Å². The maximum Gasteiger partial charge on any atom is 0.167 e. The third kappa shape index (κ3) is 2.88. The van der Waals surface area contributed by atoms with Crippen LogP contribution in [0.15, 0.2) is 60.9 Å². The Bertz CT molecular complexity index is 1340. The van der Waals surface area contributed by atoms with E-state index >= 15 is 0 Å². The molecule has 0 amide bonds. The third-order valence-electron chi connectivity index (χ3n) is 5.96. The second-order valence-corrected chi connectivity index (χ2v) is 7.86. The van der Waals surface area contributed by atoms with Gasteiger partial charge in [-0.3, -0.25) is 9.58 Å². The first-order chi connectivity index (χ1) is 15.2. The van der Waals surface area contributed by atoms with Gasteiger partial charge in [-0.25, -0.2) is 20.4 Å². The molecule has 1 atom stereocenters. The average molecular weight is 410 g/mol. The Labute approximate surface area is 179 Å². The molecule has 31 heavy (non-hydrogen) atoms. The second-order valence-electron chi connectivity index (χ2n) is 7.86. The minimum Gasteiger partial charge on any atom is -0.383 e. The number of benzene rings is 1. The van der Waals surface area contributed by atoms with Crippen molar-refractivity contribution in [1.29, 1.82) is 0 Å². The average Bonchev–Trinajstić information content (AvgIpc) is 3.52. The fourth-order valence-corrected chi connectivity index (χ4v) is 4.41. The first-order valence-electron chi connectivity index (χ1n) is 10.4. The molecule has 154 valence electrons. The molecule has 1 unspecified atom stereocenters. The fraction of sp³-hybridized carbons (Fsp3) is 0.174. The Morgan fingerprint density at radius 2 is 2.03 bits per heavy atom. The van der Waals surface area contributed by atoms with Gasteiger partial charge in [-0.1, -0.05) is 12.1 Å². The van der Waals surface area contributed by atoms with E-state index < -0.39 is 0 Å². The number of anilines is 2. The molecule has 0 saturated carbocycles. The van der Waals surface area contributed by atoms with Gasteiger partial charge in [0, 0.05) is 30.7 Å². The highest BCUT2D eigenvalue weighted by molar-refractivity contribution is 5.84. The number of nitrogens with one attached hydrogen (secondary N) is 1. The van der Waals surface area contributed by atoms with Crippen LogP contribution in [-0.2, 0) is 6.42 Å². The van der Waals surface area contributed by atoms with Crippen molar-refractivity contribution in [2.45, 2.75) is 18.9 Å². The molecule has 1 aliphatic heterocycles. The number of nitrogen functional groups attached to an aromatic ring is 1. The number of nitrogens with zero attached hydrogens (tertiary/aromatic N) is 5. The van der Waals surface area contributed by atoms with Crippen molar-refractivity contribution in [3.8, 4) is 17.1 Å². The first-order valence-corrected chi connectivity index (χ1v) is 10.4. The Morgan fingerprint density at radius 1 is 1.10 bits per heavy atom. The topological polar surface area (TPSA) is 111 Å². The molecule has 1 aliphatic carbocycles. The summed E-state index contributed by atoms with van der Waals surface area (Å²) in [4.78, 5) is 14.1. The van der Waals surface area contributed by atoms with Gasteiger partial charge in [0.25, 0.3) is 0 Å². The number of hydrogen-bond acceptors (Lipinski definition) is 7. The van der Waals surface area contributed by atoms with E-state index in [1.165, 1.54) is 11.1 Å². The lowest BCUT2D eigenvalue weighted by molar-refractivity contribution is 0.713. The third-order valence-corrected chi connectivity index (χ3v) is 5.96. The van der Waals surface area contributed by atoms with Crippen LogP contribution in [0.1, 0.15) is 23.6 Å².